The third-order valence-electron chi connectivity index (χ3n) is 3.52. The maximum atomic E-state index is 12.1. The van der Waals surface area contributed by atoms with Crippen molar-refractivity contribution in [3.63, 3.8) is 0 Å². The first-order chi connectivity index (χ1) is 9.04. The molecule has 1 fully saturated rings. The van der Waals surface area contributed by atoms with Crippen LogP contribution in [0.5, 0.6) is 0 Å². The third-order valence-corrected chi connectivity index (χ3v) is 6.45. The second-order valence-corrected chi connectivity index (χ2v) is 7.88. The number of sulfone groups is 1. The van der Waals surface area contributed by atoms with Gasteiger partial charge in [-0.25, -0.2) is 8.42 Å². The van der Waals surface area contributed by atoms with E-state index < -0.39 is 9.84 Å². The van der Waals surface area contributed by atoms with Crippen LogP contribution < -0.4 is 11.1 Å². The van der Waals surface area contributed by atoms with E-state index in [1.165, 1.54) is 19.3 Å². The summed E-state index contributed by atoms with van der Waals surface area (Å²) in [5.74, 6) is 1.05. The van der Waals surface area contributed by atoms with Gasteiger partial charge in [0.05, 0.1) is 5.75 Å². The van der Waals surface area contributed by atoms with Crippen molar-refractivity contribution in [2.45, 2.75) is 43.9 Å². The first-order valence-electron chi connectivity index (χ1n) is 6.76. The van der Waals surface area contributed by atoms with E-state index in [4.69, 9.17) is 5.73 Å². The molecule has 0 amide bonds. The minimum Gasteiger partial charge on any atom is -0.382 e. The first-order valence-corrected chi connectivity index (χ1v) is 9.19. The van der Waals surface area contributed by atoms with Crippen molar-refractivity contribution in [3.8, 4) is 0 Å². The van der Waals surface area contributed by atoms with Gasteiger partial charge in [-0.1, -0.05) is 26.2 Å². The fourth-order valence-corrected chi connectivity index (χ4v) is 4.90. The number of aromatic nitrogens is 1. The van der Waals surface area contributed by atoms with Crippen LogP contribution in [-0.2, 0) is 9.84 Å². The fourth-order valence-electron chi connectivity index (χ4n) is 2.25. The van der Waals surface area contributed by atoms with Gasteiger partial charge in [-0.3, -0.25) is 0 Å². The van der Waals surface area contributed by atoms with Crippen LogP contribution in [0.4, 0.5) is 10.8 Å². The van der Waals surface area contributed by atoms with Crippen LogP contribution in [0.1, 0.15) is 39.0 Å². The number of nitrogen functional groups attached to an aromatic ring is 1. The van der Waals surface area contributed by atoms with Gasteiger partial charge in [0.2, 0.25) is 0 Å². The van der Waals surface area contributed by atoms with Gasteiger partial charge in [-0.05, 0) is 30.3 Å². The summed E-state index contributed by atoms with van der Waals surface area (Å²) in [4.78, 5) is 0.202. The van der Waals surface area contributed by atoms with Gasteiger partial charge in [0, 0.05) is 6.54 Å². The molecule has 0 aliphatic heterocycles. The first kappa shape index (κ1) is 14.6. The monoisotopic (exact) mass is 303 g/mol. The van der Waals surface area contributed by atoms with Gasteiger partial charge < -0.3 is 11.1 Å². The molecule has 7 heteroatoms. The van der Waals surface area contributed by atoms with E-state index in [0.717, 1.165) is 30.4 Å². The zero-order valence-electron chi connectivity index (χ0n) is 11.2. The van der Waals surface area contributed by atoms with E-state index in [1.807, 2.05) is 6.92 Å². The van der Waals surface area contributed by atoms with Crippen LogP contribution >= 0.6 is 11.5 Å². The maximum absolute atomic E-state index is 12.1. The van der Waals surface area contributed by atoms with Crippen molar-refractivity contribution in [2.75, 3.05) is 23.3 Å². The average Bonchev–Trinajstić information content (AvgIpc) is 2.64. The molecule has 1 saturated carbocycles. The Balaban J connectivity index is 2.04. The van der Waals surface area contributed by atoms with Crippen LogP contribution in [0, 0.1) is 5.92 Å². The number of nitrogens with two attached hydrogens (primary N) is 1. The molecule has 0 saturated heterocycles. The third kappa shape index (κ3) is 3.39. The molecule has 0 spiro atoms. The largest absolute Gasteiger partial charge is 0.382 e. The van der Waals surface area contributed by atoms with E-state index in [2.05, 4.69) is 9.69 Å². The molecule has 0 radical (unpaired) electrons. The highest BCUT2D eigenvalue weighted by molar-refractivity contribution is 7.91. The molecule has 19 heavy (non-hydrogen) atoms. The van der Waals surface area contributed by atoms with Crippen molar-refractivity contribution in [1.82, 2.24) is 4.37 Å². The van der Waals surface area contributed by atoms with Gasteiger partial charge in [0.1, 0.15) is 9.90 Å². The zero-order chi connectivity index (χ0) is 13.9. The molecule has 1 aromatic rings. The second kappa shape index (κ2) is 6.09. The van der Waals surface area contributed by atoms with E-state index in [9.17, 15) is 8.42 Å². The Morgan fingerprint density at radius 1 is 1.47 bits per heavy atom. The minimum atomic E-state index is -3.31. The maximum Gasteiger partial charge on any atom is 0.185 e. The highest BCUT2D eigenvalue weighted by Gasteiger charge is 2.25. The molecule has 1 heterocycles. The summed E-state index contributed by atoms with van der Waals surface area (Å²) in [6, 6.07) is 0. The quantitative estimate of drug-likeness (QED) is 0.808. The number of rotatable bonds is 7. The lowest BCUT2D eigenvalue weighted by Crippen LogP contribution is -2.16. The summed E-state index contributed by atoms with van der Waals surface area (Å²) in [7, 11) is -3.31. The molecular formula is C12H21N3O2S2. The predicted molar refractivity (Wildman–Crippen MR) is 79.3 cm³/mol. The average molecular weight is 303 g/mol. The van der Waals surface area contributed by atoms with Crippen LogP contribution in [0.25, 0.3) is 0 Å². The van der Waals surface area contributed by atoms with Crippen molar-refractivity contribution >= 4 is 32.2 Å². The van der Waals surface area contributed by atoms with Crippen LogP contribution in [0.3, 0.4) is 0 Å². The summed E-state index contributed by atoms with van der Waals surface area (Å²) in [6.07, 6.45) is 5.60. The topological polar surface area (TPSA) is 85.1 Å². The Morgan fingerprint density at radius 3 is 2.79 bits per heavy atom. The van der Waals surface area contributed by atoms with E-state index in [0.29, 0.717) is 11.4 Å². The zero-order valence-corrected chi connectivity index (χ0v) is 12.8. The molecular weight excluding hydrogens is 282 g/mol. The lowest BCUT2D eigenvalue weighted by molar-refractivity contribution is 0.303. The molecule has 0 bridgehead atoms. The van der Waals surface area contributed by atoms with Crippen LogP contribution in [-0.4, -0.2) is 25.1 Å². The number of nitrogens with one attached hydrogen (secondary N) is 1. The van der Waals surface area contributed by atoms with Gasteiger partial charge >= 0.3 is 0 Å². The Kier molecular flexibility index (Phi) is 4.67. The van der Waals surface area contributed by atoms with Gasteiger partial charge in [-0.2, -0.15) is 4.37 Å². The molecule has 1 aliphatic rings. The summed E-state index contributed by atoms with van der Waals surface area (Å²) >= 11 is 1.14. The summed E-state index contributed by atoms with van der Waals surface area (Å²) < 4.78 is 28.3. The minimum absolute atomic E-state index is 0.118. The number of hydrogen-bond acceptors (Lipinski definition) is 6. The molecule has 5 nitrogen and oxygen atoms in total. The standard InChI is InChI=1S/C12H21N3O2S2/c1-2-8-19(16,17)10-11(13)15-18-12(10)14-7-6-9-4-3-5-9/h9,14H,2-8H2,1H3,(H2,13,15). The molecule has 3 N–H and O–H groups in total. The molecule has 108 valence electrons. The fraction of sp³-hybridized carbons (Fsp3) is 0.750. The van der Waals surface area contributed by atoms with Gasteiger partial charge in [-0.15, -0.1) is 0 Å². The Hall–Kier alpha value is -0.820. The molecule has 0 aromatic carbocycles. The van der Waals surface area contributed by atoms with E-state index in [-0.39, 0.29) is 16.5 Å². The van der Waals surface area contributed by atoms with E-state index in [1.54, 1.807) is 0 Å². The number of anilines is 2. The molecule has 0 unspecified atom stereocenters. The summed E-state index contributed by atoms with van der Waals surface area (Å²) in [5, 5.41) is 3.80. The summed E-state index contributed by atoms with van der Waals surface area (Å²) in [6.45, 7) is 2.64. The highest BCUT2D eigenvalue weighted by Crippen LogP contribution is 2.33. The molecule has 0 atom stereocenters. The second-order valence-electron chi connectivity index (χ2n) is 5.06. The van der Waals surface area contributed by atoms with Crippen LogP contribution in [0.2, 0.25) is 0 Å². The molecule has 1 aromatic heterocycles. The number of hydrogen-bond donors (Lipinski definition) is 2. The molecule has 2 rings (SSSR count). The highest BCUT2D eigenvalue weighted by atomic mass is 32.2. The SMILES string of the molecule is CCCS(=O)(=O)c1c(N)nsc1NCCC1CCC1. The lowest BCUT2D eigenvalue weighted by Gasteiger charge is -2.25. The van der Waals surface area contributed by atoms with Gasteiger partial charge in [0.15, 0.2) is 15.7 Å². The normalized spacial score (nSPS) is 16.3. The Morgan fingerprint density at radius 2 is 2.21 bits per heavy atom. The molecule has 1 aliphatic carbocycles. The van der Waals surface area contributed by atoms with Crippen molar-refractivity contribution in [3.05, 3.63) is 0 Å². The predicted octanol–water partition coefficient (Wildman–Crippen LogP) is 2.51. The Labute approximate surface area is 118 Å². The van der Waals surface area contributed by atoms with Crippen LogP contribution in [0.15, 0.2) is 4.90 Å². The summed E-state index contributed by atoms with van der Waals surface area (Å²) in [5.41, 5.74) is 5.71. The number of nitrogens with zero attached hydrogens (tertiary/aromatic N) is 1. The van der Waals surface area contributed by atoms with Crippen molar-refractivity contribution < 1.29 is 8.42 Å². The van der Waals surface area contributed by atoms with Crippen molar-refractivity contribution in [1.29, 1.82) is 0 Å². The van der Waals surface area contributed by atoms with E-state index >= 15 is 0 Å². The van der Waals surface area contributed by atoms with Crippen molar-refractivity contribution in [2.24, 2.45) is 5.92 Å². The Bertz CT molecular complexity index is 521. The smallest absolute Gasteiger partial charge is 0.185 e. The lowest BCUT2D eigenvalue weighted by atomic mass is 9.83. The van der Waals surface area contributed by atoms with Gasteiger partial charge in [0.25, 0.3) is 0 Å².